The van der Waals surface area contributed by atoms with Crippen LogP contribution < -0.4 is 10.6 Å². The van der Waals surface area contributed by atoms with Crippen molar-refractivity contribution in [3.63, 3.8) is 0 Å². The van der Waals surface area contributed by atoms with Gasteiger partial charge in [0.05, 0.1) is 0 Å². The molecule has 0 spiro atoms. The molecular formula is C16H19N3. The number of rotatable bonds is 2. The molecule has 3 heteroatoms. The number of pyridine rings is 1. The normalized spacial score (nSPS) is 14.8. The molecule has 2 aromatic rings. The Morgan fingerprint density at radius 2 is 2.00 bits per heavy atom. The molecule has 19 heavy (non-hydrogen) atoms. The number of hydrogen-bond acceptors (Lipinski definition) is 3. The van der Waals surface area contributed by atoms with Gasteiger partial charge in [0.1, 0.15) is 5.82 Å². The van der Waals surface area contributed by atoms with E-state index in [-0.39, 0.29) is 0 Å². The van der Waals surface area contributed by atoms with E-state index >= 15 is 0 Å². The van der Waals surface area contributed by atoms with Crippen molar-refractivity contribution >= 4 is 11.5 Å². The second-order valence-corrected chi connectivity index (χ2v) is 5.10. The molecule has 0 bridgehead atoms. The lowest BCUT2D eigenvalue weighted by atomic mass is 10.1. The predicted molar refractivity (Wildman–Crippen MR) is 79.1 cm³/mol. The first-order chi connectivity index (χ1) is 9.33. The lowest BCUT2D eigenvalue weighted by Crippen LogP contribution is -2.23. The van der Waals surface area contributed by atoms with E-state index in [9.17, 15) is 0 Å². The maximum absolute atomic E-state index is 5.64. The highest BCUT2D eigenvalue weighted by molar-refractivity contribution is 5.54. The van der Waals surface area contributed by atoms with Crippen LogP contribution in [-0.4, -0.2) is 11.5 Å². The van der Waals surface area contributed by atoms with Gasteiger partial charge in [0, 0.05) is 25.0 Å². The van der Waals surface area contributed by atoms with E-state index in [0.717, 1.165) is 13.1 Å². The molecule has 0 saturated carbocycles. The molecule has 98 valence electrons. The van der Waals surface area contributed by atoms with E-state index in [1.54, 1.807) is 0 Å². The average molecular weight is 253 g/mol. The molecule has 1 aromatic heterocycles. The van der Waals surface area contributed by atoms with Crippen molar-refractivity contribution in [2.45, 2.75) is 25.8 Å². The molecule has 0 amide bonds. The van der Waals surface area contributed by atoms with E-state index in [2.05, 4.69) is 40.2 Å². The van der Waals surface area contributed by atoms with E-state index in [4.69, 9.17) is 5.73 Å². The Bertz CT molecular complexity index is 548. The molecule has 3 nitrogen and oxygen atoms in total. The highest BCUT2D eigenvalue weighted by Gasteiger charge is 2.14. The van der Waals surface area contributed by atoms with Crippen LogP contribution in [0.1, 0.15) is 24.0 Å². The maximum atomic E-state index is 5.64. The fourth-order valence-electron chi connectivity index (χ4n) is 2.68. The van der Waals surface area contributed by atoms with Crippen LogP contribution in [-0.2, 0) is 13.0 Å². The Labute approximate surface area is 114 Å². The van der Waals surface area contributed by atoms with Crippen molar-refractivity contribution in [3.05, 3.63) is 53.7 Å². The average Bonchev–Trinajstić information content (AvgIpc) is 2.64. The van der Waals surface area contributed by atoms with Gasteiger partial charge in [0.25, 0.3) is 0 Å². The Morgan fingerprint density at radius 3 is 2.84 bits per heavy atom. The van der Waals surface area contributed by atoms with Crippen LogP contribution in [0.2, 0.25) is 0 Å². The minimum atomic E-state index is 0.583. The summed E-state index contributed by atoms with van der Waals surface area (Å²) in [5.74, 6) is 0.583. The van der Waals surface area contributed by atoms with Gasteiger partial charge in [-0.25, -0.2) is 4.98 Å². The van der Waals surface area contributed by atoms with E-state index in [1.165, 1.54) is 36.1 Å². The highest BCUT2D eigenvalue weighted by atomic mass is 15.1. The molecular weight excluding hydrogens is 234 g/mol. The standard InChI is InChI=1S/C16H19N3/c17-16-9-8-13(11-18-16)12-19-10-4-3-6-14-5-1-2-7-15(14)19/h1-2,5,7-9,11H,3-4,6,10,12H2,(H2,17,18). The van der Waals surface area contributed by atoms with Crippen LogP contribution in [0.25, 0.3) is 0 Å². The predicted octanol–water partition coefficient (Wildman–Crippen LogP) is 3.01. The van der Waals surface area contributed by atoms with Gasteiger partial charge in [-0.1, -0.05) is 24.3 Å². The molecule has 0 atom stereocenters. The van der Waals surface area contributed by atoms with Crippen molar-refractivity contribution in [2.24, 2.45) is 0 Å². The highest BCUT2D eigenvalue weighted by Crippen LogP contribution is 2.27. The van der Waals surface area contributed by atoms with Crippen LogP contribution in [0.4, 0.5) is 11.5 Å². The number of nitrogens with two attached hydrogens (primary N) is 1. The monoisotopic (exact) mass is 253 g/mol. The Balaban J connectivity index is 1.86. The molecule has 1 aliphatic heterocycles. The first-order valence-corrected chi connectivity index (χ1v) is 6.86. The zero-order valence-corrected chi connectivity index (χ0v) is 11.0. The molecule has 1 aromatic carbocycles. The second kappa shape index (κ2) is 5.31. The largest absolute Gasteiger partial charge is 0.384 e. The minimum absolute atomic E-state index is 0.583. The van der Waals surface area contributed by atoms with Gasteiger partial charge >= 0.3 is 0 Å². The summed E-state index contributed by atoms with van der Waals surface area (Å²) in [5, 5.41) is 0. The Kier molecular flexibility index (Phi) is 3.36. The third-order valence-electron chi connectivity index (χ3n) is 3.68. The molecule has 0 aliphatic carbocycles. The van der Waals surface area contributed by atoms with E-state index < -0.39 is 0 Å². The summed E-state index contributed by atoms with van der Waals surface area (Å²) in [5.41, 5.74) is 9.68. The number of aromatic nitrogens is 1. The number of nitrogen functional groups attached to an aromatic ring is 1. The first-order valence-electron chi connectivity index (χ1n) is 6.86. The zero-order valence-electron chi connectivity index (χ0n) is 11.0. The van der Waals surface area contributed by atoms with Crippen LogP contribution in [0.5, 0.6) is 0 Å². The fourth-order valence-corrected chi connectivity index (χ4v) is 2.68. The molecule has 1 aliphatic rings. The van der Waals surface area contributed by atoms with E-state index in [1.807, 2.05) is 12.3 Å². The lowest BCUT2D eigenvalue weighted by Gasteiger charge is -2.25. The van der Waals surface area contributed by atoms with E-state index in [0.29, 0.717) is 5.82 Å². The molecule has 0 fully saturated rings. The first kappa shape index (κ1) is 12.0. The van der Waals surface area contributed by atoms with Crippen LogP contribution in [0.15, 0.2) is 42.6 Å². The topological polar surface area (TPSA) is 42.1 Å². The van der Waals surface area contributed by atoms with Gasteiger partial charge in [-0.2, -0.15) is 0 Å². The smallest absolute Gasteiger partial charge is 0.123 e. The van der Waals surface area contributed by atoms with Crippen molar-refractivity contribution in [1.82, 2.24) is 4.98 Å². The summed E-state index contributed by atoms with van der Waals surface area (Å²) in [7, 11) is 0. The molecule has 0 radical (unpaired) electrons. The van der Waals surface area contributed by atoms with Crippen LogP contribution in [0, 0.1) is 0 Å². The van der Waals surface area contributed by atoms with Gasteiger partial charge in [-0.15, -0.1) is 0 Å². The third-order valence-corrected chi connectivity index (χ3v) is 3.68. The zero-order chi connectivity index (χ0) is 13.1. The van der Waals surface area contributed by atoms with Gasteiger partial charge in [-0.05, 0) is 42.5 Å². The Morgan fingerprint density at radius 1 is 1.11 bits per heavy atom. The summed E-state index contributed by atoms with van der Waals surface area (Å²) >= 11 is 0. The second-order valence-electron chi connectivity index (χ2n) is 5.10. The summed E-state index contributed by atoms with van der Waals surface area (Å²) < 4.78 is 0. The fraction of sp³-hybridized carbons (Fsp3) is 0.312. The molecule has 2 N–H and O–H groups in total. The summed E-state index contributed by atoms with van der Waals surface area (Å²) in [6.07, 6.45) is 5.58. The summed E-state index contributed by atoms with van der Waals surface area (Å²) in [6, 6.07) is 12.7. The quantitative estimate of drug-likeness (QED) is 0.894. The molecule has 0 unspecified atom stereocenters. The van der Waals surface area contributed by atoms with Gasteiger partial charge in [-0.3, -0.25) is 0 Å². The molecule has 0 saturated heterocycles. The number of benzene rings is 1. The molecule has 3 rings (SSSR count). The SMILES string of the molecule is Nc1ccc(CN2CCCCc3ccccc32)cn1. The number of para-hydroxylation sites is 1. The number of hydrogen-bond donors (Lipinski definition) is 1. The van der Waals surface area contributed by atoms with Crippen molar-refractivity contribution in [3.8, 4) is 0 Å². The molecule has 2 heterocycles. The van der Waals surface area contributed by atoms with Gasteiger partial charge < -0.3 is 10.6 Å². The lowest BCUT2D eigenvalue weighted by molar-refractivity contribution is 0.714. The van der Waals surface area contributed by atoms with Crippen LogP contribution in [0.3, 0.4) is 0 Å². The van der Waals surface area contributed by atoms with Crippen LogP contribution >= 0.6 is 0 Å². The number of anilines is 2. The van der Waals surface area contributed by atoms with Crippen molar-refractivity contribution < 1.29 is 0 Å². The maximum Gasteiger partial charge on any atom is 0.123 e. The summed E-state index contributed by atoms with van der Waals surface area (Å²) in [6.45, 7) is 2.02. The number of fused-ring (bicyclic) bond motifs is 1. The number of nitrogens with zero attached hydrogens (tertiary/aromatic N) is 2. The van der Waals surface area contributed by atoms with Crippen molar-refractivity contribution in [2.75, 3.05) is 17.2 Å². The van der Waals surface area contributed by atoms with Gasteiger partial charge in [0.2, 0.25) is 0 Å². The summed E-state index contributed by atoms with van der Waals surface area (Å²) in [4.78, 5) is 6.63. The minimum Gasteiger partial charge on any atom is -0.384 e. The number of aryl methyl sites for hydroxylation is 1. The van der Waals surface area contributed by atoms with Crippen molar-refractivity contribution in [1.29, 1.82) is 0 Å². The Hall–Kier alpha value is -2.03. The van der Waals surface area contributed by atoms with Gasteiger partial charge in [0.15, 0.2) is 0 Å². The third kappa shape index (κ3) is 2.70.